The molecule has 28 heavy (non-hydrogen) atoms. The van der Waals surface area contributed by atoms with Crippen molar-refractivity contribution >= 4 is 11.6 Å². The Labute approximate surface area is 165 Å². The van der Waals surface area contributed by atoms with Gasteiger partial charge in [0.1, 0.15) is 0 Å². The van der Waals surface area contributed by atoms with Gasteiger partial charge in [-0.1, -0.05) is 30.3 Å². The van der Waals surface area contributed by atoms with Crippen LogP contribution in [0.15, 0.2) is 42.5 Å². The first kappa shape index (κ1) is 20.0. The van der Waals surface area contributed by atoms with Gasteiger partial charge in [-0.15, -0.1) is 0 Å². The quantitative estimate of drug-likeness (QED) is 0.759. The zero-order chi connectivity index (χ0) is 20.1. The van der Waals surface area contributed by atoms with E-state index in [1.165, 1.54) is 19.8 Å². The first-order valence-electron chi connectivity index (χ1n) is 9.18. The average Bonchev–Trinajstić information content (AvgIpc) is 3.07. The third-order valence-corrected chi connectivity index (χ3v) is 4.98. The van der Waals surface area contributed by atoms with E-state index < -0.39 is 0 Å². The third-order valence-electron chi connectivity index (χ3n) is 4.98. The highest BCUT2D eigenvalue weighted by molar-refractivity contribution is 5.93. The van der Waals surface area contributed by atoms with Gasteiger partial charge in [0.15, 0.2) is 11.5 Å². The monoisotopic (exact) mass is 385 g/mol. The van der Waals surface area contributed by atoms with Gasteiger partial charge < -0.3 is 25.3 Å². The van der Waals surface area contributed by atoms with Crippen molar-refractivity contribution < 1.29 is 19.0 Å². The molecule has 1 aliphatic rings. The van der Waals surface area contributed by atoms with E-state index in [1.807, 2.05) is 18.2 Å². The van der Waals surface area contributed by atoms with Gasteiger partial charge in [-0.05, 0) is 5.56 Å². The van der Waals surface area contributed by atoms with Crippen molar-refractivity contribution in [1.82, 2.24) is 4.90 Å². The minimum atomic E-state index is -0.116. The summed E-state index contributed by atoms with van der Waals surface area (Å²) in [6, 6.07) is 13.6. The minimum absolute atomic E-state index is 0.0105. The summed E-state index contributed by atoms with van der Waals surface area (Å²) in [5.74, 6) is 1.58. The number of nitrogens with zero attached hydrogens (tertiary/aromatic N) is 1. The van der Waals surface area contributed by atoms with Gasteiger partial charge in [0.2, 0.25) is 11.7 Å². The summed E-state index contributed by atoms with van der Waals surface area (Å²) < 4.78 is 16.0. The van der Waals surface area contributed by atoms with Crippen LogP contribution in [0, 0.1) is 0 Å². The minimum Gasteiger partial charge on any atom is -0.493 e. The van der Waals surface area contributed by atoms with E-state index in [0.29, 0.717) is 29.5 Å². The molecule has 1 amide bonds. The first-order valence-corrected chi connectivity index (χ1v) is 9.18. The SMILES string of the molecule is COc1cc(NC(=O)CN2C[C@@H](N)[C@H](c3ccccc3)C2)cc(OC)c1OC. The fourth-order valence-electron chi connectivity index (χ4n) is 3.65. The number of ether oxygens (including phenoxy) is 3. The summed E-state index contributed by atoms with van der Waals surface area (Å²) in [4.78, 5) is 14.6. The molecule has 0 unspecified atom stereocenters. The molecule has 150 valence electrons. The molecule has 0 aromatic heterocycles. The van der Waals surface area contributed by atoms with Crippen molar-refractivity contribution in [2.45, 2.75) is 12.0 Å². The predicted molar refractivity (Wildman–Crippen MR) is 108 cm³/mol. The number of hydrogen-bond donors (Lipinski definition) is 2. The lowest BCUT2D eigenvalue weighted by Crippen LogP contribution is -2.33. The van der Waals surface area contributed by atoms with Crippen molar-refractivity contribution in [2.75, 3.05) is 46.3 Å². The Bertz CT molecular complexity index is 788. The summed E-state index contributed by atoms with van der Waals surface area (Å²) >= 11 is 0. The third kappa shape index (κ3) is 4.37. The van der Waals surface area contributed by atoms with Crippen molar-refractivity contribution in [3.63, 3.8) is 0 Å². The number of anilines is 1. The van der Waals surface area contributed by atoms with Gasteiger partial charge in [-0.3, -0.25) is 9.69 Å². The van der Waals surface area contributed by atoms with Crippen LogP contribution in [-0.4, -0.2) is 57.8 Å². The molecule has 1 saturated heterocycles. The fourth-order valence-corrected chi connectivity index (χ4v) is 3.65. The van der Waals surface area contributed by atoms with Crippen LogP contribution in [0.25, 0.3) is 0 Å². The Kier molecular flexibility index (Phi) is 6.38. The largest absolute Gasteiger partial charge is 0.493 e. The molecule has 0 saturated carbocycles. The van der Waals surface area contributed by atoms with E-state index >= 15 is 0 Å². The molecular weight excluding hydrogens is 358 g/mol. The number of nitrogens with two attached hydrogens (primary N) is 1. The summed E-state index contributed by atoms with van der Waals surface area (Å²) in [5.41, 5.74) is 8.11. The molecule has 1 fully saturated rings. The molecule has 3 N–H and O–H groups in total. The lowest BCUT2D eigenvalue weighted by Gasteiger charge is -2.17. The fraction of sp³-hybridized carbons (Fsp3) is 0.381. The van der Waals surface area contributed by atoms with Crippen LogP contribution in [0.5, 0.6) is 17.2 Å². The van der Waals surface area contributed by atoms with E-state index in [2.05, 4.69) is 22.3 Å². The number of amides is 1. The molecule has 1 heterocycles. The van der Waals surface area contributed by atoms with Crippen molar-refractivity contribution in [3.8, 4) is 17.2 Å². The Hall–Kier alpha value is -2.77. The average molecular weight is 385 g/mol. The van der Waals surface area contributed by atoms with Gasteiger partial charge >= 0.3 is 0 Å². The van der Waals surface area contributed by atoms with E-state index in [-0.39, 0.29) is 24.4 Å². The molecule has 0 spiro atoms. The smallest absolute Gasteiger partial charge is 0.238 e. The second kappa shape index (κ2) is 8.95. The highest BCUT2D eigenvalue weighted by atomic mass is 16.5. The number of methoxy groups -OCH3 is 3. The highest BCUT2D eigenvalue weighted by Crippen LogP contribution is 2.40. The van der Waals surface area contributed by atoms with E-state index in [0.717, 1.165) is 6.54 Å². The van der Waals surface area contributed by atoms with Gasteiger partial charge in [0, 0.05) is 42.9 Å². The molecule has 0 radical (unpaired) electrons. The maximum atomic E-state index is 12.6. The number of rotatable bonds is 7. The van der Waals surface area contributed by atoms with Crippen LogP contribution in [-0.2, 0) is 4.79 Å². The van der Waals surface area contributed by atoms with Crippen molar-refractivity contribution in [3.05, 3.63) is 48.0 Å². The molecule has 2 atom stereocenters. The van der Waals surface area contributed by atoms with E-state index in [4.69, 9.17) is 19.9 Å². The lowest BCUT2D eigenvalue weighted by molar-refractivity contribution is -0.117. The number of benzene rings is 2. The van der Waals surface area contributed by atoms with Crippen molar-refractivity contribution in [2.24, 2.45) is 5.73 Å². The molecule has 7 heteroatoms. The normalized spacial score (nSPS) is 19.3. The molecule has 2 aromatic rings. The topological polar surface area (TPSA) is 86.1 Å². The molecular formula is C21H27N3O4. The summed E-state index contributed by atoms with van der Waals surface area (Å²) in [6.45, 7) is 1.71. The Morgan fingerprint density at radius 2 is 1.71 bits per heavy atom. The van der Waals surface area contributed by atoms with Crippen LogP contribution in [0.2, 0.25) is 0 Å². The second-order valence-corrected chi connectivity index (χ2v) is 6.84. The summed E-state index contributed by atoms with van der Waals surface area (Å²) in [6.07, 6.45) is 0. The van der Waals surface area contributed by atoms with Gasteiger partial charge in [0.05, 0.1) is 27.9 Å². The summed E-state index contributed by atoms with van der Waals surface area (Å²) in [5, 5.41) is 2.90. The first-order chi connectivity index (χ1) is 13.5. The Morgan fingerprint density at radius 3 is 2.29 bits per heavy atom. The zero-order valence-electron chi connectivity index (χ0n) is 16.5. The molecule has 1 aliphatic heterocycles. The highest BCUT2D eigenvalue weighted by Gasteiger charge is 2.32. The maximum absolute atomic E-state index is 12.6. The molecule has 2 aromatic carbocycles. The number of carbonyl (C=O) groups excluding carboxylic acids is 1. The molecule has 0 aliphatic carbocycles. The van der Waals surface area contributed by atoms with Crippen LogP contribution in [0.4, 0.5) is 5.69 Å². The maximum Gasteiger partial charge on any atom is 0.238 e. The number of nitrogens with one attached hydrogen (secondary N) is 1. The number of hydrogen-bond acceptors (Lipinski definition) is 6. The lowest BCUT2D eigenvalue weighted by atomic mass is 9.95. The van der Waals surface area contributed by atoms with Crippen LogP contribution in [0.1, 0.15) is 11.5 Å². The van der Waals surface area contributed by atoms with Crippen molar-refractivity contribution in [1.29, 1.82) is 0 Å². The molecule has 3 rings (SSSR count). The van der Waals surface area contributed by atoms with E-state index in [9.17, 15) is 4.79 Å². The molecule has 0 bridgehead atoms. The van der Waals surface area contributed by atoms with E-state index in [1.54, 1.807) is 19.2 Å². The number of likely N-dealkylation sites (tertiary alicyclic amines) is 1. The van der Waals surface area contributed by atoms with Gasteiger partial charge in [-0.2, -0.15) is 0 Å². The van der Waals surface area contributed by atoms with Gasteiger partial charge in [0.25, 0.3) is 0 Å². The Morgan fingerprint density at radius 1 is 1.07 bits per heavy atom. The number of carbonyl (C=O) groups is 1. The van der Waals surface area contributed by atoms with Gasteiger partial charge in [-0.25, -0.2) is 0 Å². The standard InChI is InChI=1S/C21H27N3O4/c1-26-18-9-15(10-19(27-2)21(18)28-3)23-20(25)13-24-11-16(17(22)12-24)14-7-5-4-6-8-14/h4-10,16-17H,11-13,22H2,1-3H3,(H,23,25)/t16-,17+/m0/s1. The van der Waals surface area contributed by atoms with Crippen LogP contribution < -0.4 is 25.3 Å². The van der Waals surface area contributed by atoms with Crippen LogP contribution in [0.3, 0.4) is 0 Å². The zero-order valence-corrected chi connectivity index (χ0v) is 16.5. The summed E-state index contributed by atoms with van der Waals surface area (Å²) in [7, 11) is 4.62. The predicted octanol–water partition coefficient (Wildman–Crippen LogP) is 2.08. The molecule has 7 nitrogen and oxygen atoms in total. The second-order valence-electron chi connectivity index (χ2n) is 6.84. The van der Waals surface area contributed by atoms with Crippen LogP contribution >= 0.6 is 0 Å². The Balaban J connectivity index is 1.65.